The fourth-order valence-corrected chi connectivity index (χ4v) is 4.37. The normalized spacial score (nSPS) is 17.9. The monoisotopic (exact) mass is 410 g/mol. The number of benzene rings is 3. The zero-order chi connectivity index (χ0) is 21.8. The summed E-state index contributed by atoms with van der Waals surface area (Å²) in [4.78, 5) is 29.5. The first kappa shape index (κ1) is 20.6. The minimum absolute atomic E-state index is 0.0139. The molecule has 1 heterocycles. The molecule has 0 aliphatic carbocycles. The Hall–Kier alpha value is -3.66. The number of carbonyl (C=O) groups excluding carboxylic acids is 2. The van der Waals surface area contributed by atoms with Crippen LogP contribution < -0.4 is 9.80 Å². The molecule has 2 amide bonds. The SMILES string of the molecule is CC(=O)N1c2ccccc2[C@H](N(C(=O)/C=C/c2ccccc2)c2ccccc2)C[C@@H]1C. The molecule has 2 atom stereocenters. The standard InChI is InChI=1S/C27H26N2O2/c1-20-19-26(24-15-9-10-16-25(24)28(20)21(2)30)29(23-13-7-4-8-14-23)27(31)18-17-22-11-5-3-6-12-22/h3-18,20,26H,19H2,1-2H3/b18-17+/t20-,26+/m0/s1. The average molecular weight is 411 g/mol. The van der Waals surface area contributed by atoms with E-state index in [9.17, 15) is 9.59 Å². The number of para-hydroxylation sites is 2. The number of rotatable bonds is 4. The summed E-state index contributed by atoms with van der Waals surface area (Å²) in [5, 5.41) is 0. The van der Waals surface area contributed by atoms with E-state index < -0.39 is 0 Å². The molecule has 0 N–H and O–H groups in total. The van der Waals surface area contributed by atoms with Gasteiger partial charge < -0.3 is 9.80 Å². The highest BCUT2D eigenvalue weighted by Gasteiger charge is 2.37. The minimum Gasteiger partial charge on any atom is -0.309 e. The molecule has 3 aromatic carbocycles. The first-order chi connectivity index (χ1) is 15.1. The van der Waals surface area contributed by atoms with E-state index in [1.54, 1.807) is 13.0 Å². The number of amides is 2. The van der Waals surface area contributed by atoms with Crippen LogP contribution in [0.1, 0.15) is 37.4 Å². The Morgan fingerprint density at radius 2 is 1.52 bits per heavy atom. The molecule has 0 radical (unpaired) electrons. The van der Waals surface area contributed by atoms with Crippen molar-refractivity contribution >= 4 is 29.3 Å². The van der Waals surface area contributed by atoms with Crippen molar-refractivity contribution in [3.05, 3.63) is 102 Å². The van der Waals surface area contributed by atoms with E-state index in [1.807, 2.05) is 108 Å². The van der Waals surface area contributed by atoms with Crippen LogP contribution in [0, 0.1) is 0 Å². The van der Waals surface area contributed by atoms with Crippen LogP contribution in [0.25, 0.3) is 6.08 Å². The largest absolute Gasteiger partial charge is 0.309 e. The van der Waals surface area contributed by atoms with Gasteiger partial charge in [0.15, 0.2) is 0 Å². The first-order valence-corrected chi connectivity index (χ1v) is 10.6. The summed E-state index contributed by atoms with van der Waals surface area (Å²) in [5.74, 6) is -0.0710. The van der Waals surface area contributed by atoms with Crippen molar-refractivity contribution < 1.29 is 9.59 Å². The number of hydrogen-bond acceptors (Lipinski definition) is 2. The van der Waals surface area contributed by atoms with Crippen LogP contribution in [0.4, 0.5) is 11.4 Å². The highest BCUT2D eigenvalue weighted by Crippen LogP contribution is 2.42. The van der Waals surface area contributed by atoms with Crippen molar-refractivity contribution in [2.75, 3.05) is 9.80 Å². The Labute approximate surface area is 183 Å². The van der Waals surface area contributed by atoms with E-state index >= 15 is 0 Å². The third kappa shape index (κ3) is 4.29. The molecule has 1 aliphatic heterocycles. The van der Waals surface area contributed by atoms with Crippen LogP contribution in [-0.4, -0.2) is 17.9 Å². The van der Waals surface area contributed by atoms with Gasteiger partial charge in [0.2, 0.25) is 5.91 Å². The van der Waals surface area contributed by atoms with Crippen molar-refractivity contribution in [1.82, 2.24) is 0 Å². The molecule has 0 aromatic heterocycles. The van der Waals surface area contributed by atoms with Gasteiger partial charge in [0, 0.05) is 30.4 Å². The molecule has 4 rings (SSSR count). The zero-order valence-electron chi connectivity index (χ0n) is 17.8. The lowest BCUT2D eigenvalue weighted by Crippen LogP contribution is -2.46. The summed E-state index contributed by atoms with van der Waals surface area (Å²) in [5.41, 5.74) is 3.68. The minimum atomic E-state index is -0.169. The molecule has 0 spiro atoms. The fraction of sp³-hybridized carbons (Fsp3) is 0.185. The summed E-state index contributed by atoms with van der Waals surface area (Å²) in [7, 11) is 0. The maximum atomic E-state index is 13.5. The molecular weight excluding hydrogens is 384 g/mol. The topological polar surface area (TPSA) is 40.6 Å². The van der Waals surface area contributed by atoms with Crippen molar-refractivity contribution in [2.24, 2.45) is 0 Å². The third-order valence-corrected chi connectivity index (χ3v) is 5.70. The zero-order valence-corrected chi connectivity index (χ0v) is 17.8. The maximum Gasteiger partial charge on any atom is 0.251 e. The van der Waals surface area contributed by atoms with Crippen LogP contribution in [0.2, 0.25) is 0 Å². The highest BCUT2D eigenvalue weighted by molar-refractivity contribution is 6.05. The molecule has 31 heavy (non-hydrogen) atoms. The Morgan fingerprint density at radius 3 is 2.19 bits per heavy atom. The lowest BCUT2D eigenvalue weighted by Gasteiger charge is -2.43. The molecule has 0 saturated heterocycles. The van der Waals surface area contributed by atoms with Crippen molar-refractivity contribution in [2.45, 2.75) is 32.4 Å². The second-order valence-corrected chi connectivity index (χ2v) is 7.84. The van der Waals surface area contributed by atoms with Gasteiger partial charge in [0.25, 0.3) is 5.91 Å². The molecule has 0 saturated carbocycles. The Kier molecular flexibility index (Phi) is 5.99. The predicted octanol–water partition coefficient (Wildman–Crippen LogP) is 5.62. The number of fused-ring (bicyclic) bond motifs is 1. The van der Waals surface area contributed by atoms with Gasteiger partial charge in [-0.1, -0.05) is 66.7 Å². The molecule has 0 unspecified atom stereocenters. The smallest absolute Gasteiger partial charge is 0.251 e. The third-order valence-electron chi connectivity index (χ3n) is 5.70. The maximum absolute atomic E-state index is 13.5. The summed E-state index contributed by atoms with van der Waals surface area (Å²) in [6.07, 6.45) is 4.14. The molecule has 1 aliphatic rings. The highest BCUT2D eigenvalue weighted by atomic mass is 16.2. The number of nitrogens with zero attached hydrogens (tertiary/aromatic N) is 2. The van der Waals surface area contributed by atoms with Gasteiger partial charge in [-0.2, -0.15) is 0 Å². The quantitative estimate of drug-likeness (QED) is 0.524. The van der Waals surface area contributed by atoms with Gasteiger partial charge in [0.1, 0.15) is 0 Å². The molecule has 156 valence electrons. The Bertz CT molecular complexity index is 1090. The van der Waals surface area contributed by atoms with Crippen LogP contribution in [0.5, 0.6) is 0 Å². The van der Waals surface area contributed by atoms with Crippen molar-refractivity contribution in [1.29, 1.82) is 0 Å². The van der Waals surface area contributed by atoms with E-state index in [0.29, 0.717) is 6.42 Å². The molecule has 0 fully saturated rings. The molecular formula is C27H26N2O2. The van der Waals surface area contributed by atoms with E-state index in [0.717, 1.165) is 22.5 Å². The number of anilines is 2. The van der Waals surface area contributed by atoms with E-state index in [2.05, 4.69) is 0 Å². The number of hydrogen-bond donors (Lipinski definition) is 0. The van der Waals surface area contributed by atoms with Crippen LogP contribution in [-0.2, 0) is 9.59 Å². The van der Waals surface area contributed by atoms with Crippen LogP contribution >= 0.6 is 0 Å². The van der Waals surface area contributed by atoms with Gasteiger partial charge >= 0.3 is 0 Å². The van der Waals surface area contributed by atoms with Gasteiger partial charge in [0.05, 0.1) is 6.04 Å². The van der Waals surface area contributed by atoms with E-state index in [-0.39, 0.29) is 23.9 Å². The van der Waals surface area contributed by atoms with Gasteiger partial charge in [-0.25, -0.2) is 0 Å². The molecule has 0 bridgehead atoms. The Morgan fingerprint density at radius 1 is 0.903 bits per heavy atom. The molecule has 4 heteroatoms. The van der Waals surface area contributed by atoms with E-state index in [4.69, 9.17) is 0 Å². The molecule has 3 aromatic rings. The number of carbonyl (C=O) groups is 2. The predicted molar refractivity (Wildman–Crippen MR) is 126 cm³/mol. The van der Waals surface area contributed by atoms with Gasteiger partial charge in [-0.3, -0.25) is 9.59 Å². The lowest BCUT2D eigenvalue weighted by atomic mass is 9.90. The first-order valence-electron chi connectivity index (χ1n) is 10.6. The average Bonchev–Trinajstić information content (AvgIpc) is 2.79. The summed E-state index contributed by atoms with van der Waals surface area (Å²) in [6.45, 7) is 3.63. The van der Waals surface area contributed by atoms with E-state index in [1.165, 1.54) is 0 Å². The van der Waals surface area contributed by atoms with Crippen molar-refractivity contribution in [3.8, 4) is 0 Å². The molecule has 4 nitrogen and oxygen atoms in total. The summed E-state index contributed by atoms with van der Waals surface area (Å²) < 4.78 is 0. The Balaban J connectivity index is 1.77. The van der Waals surface area contributed by atoms with Crippen LogP contribution in [0.3, 0.4) is 0 Å². The van der Waals surface area contributed by atoms with Gasteiger partial charge in [-0.15, -0.1) is 0 Å². The van der Waals surface area contributed by atoms with Crippen LogP contribution in [0.15, 0.2) is 91.0 Å². The van der Waals surface area contributed by atoms with Gasteiger partial charge in [-0.05, 0) is 48.7 Å². The second-order valence-electron chi connectivity index (χ2n) is 7.84. The summed E-state index contributed by atoms with van der Waals surface area (Å²) in [6, 6.07) is 27.2. The summed E-state index contributed by atoms with van der Waals surface area (Å²) >= 11 is 0. The second kappa shape index (κ2) is 9.00. The lowest BCUT2D eigenvalue weighted by molar-refractivity contribution is -0.117. The van der Waals surface area contributed by atoms with Crippen molar-refractivity contribution in [3.63, 3.8) is 0 Å². The fourth-order valence-electron chi connectivity index (χ4n) is 4.37.